The molecule has 6 heteroatoms. The van der Waals surface area contributed by atoms with Crippen LogP contribution in [0.2, 0.25) is 0 Å². The highest BCUT2D eigenvalue weighted by molar-refractivity contribution is 5.81. The number of hydrogen-bond donors (Lipinski definition) is 2. The quantitative estimate of drug-likeness (QED) is 0.662. The molecule has 3 rings (SSSR count). The van der Waals surface area contributed by atoms with Crippen molar-refractivity contribution in [1.29, 1.82) is 0 Å². The lowest BCUT2D eigenvalue weighted by atomic mass is 10.1. The lowest BCUT2D eigenvalue weighted by molar-refractivity contribution is -0.137. The maximum absolute atomic E-state index is 12.7. The predicted molar refractivity (Wildman–Crippen MR) is 75.7 cm³/mol. The molecular weight excluding hydrogens is 279 g/mol. The van der Waals surface area contributed by atoms with E-state index in [0.717, 1.165) is 23.3 Å². The Labute approximate surface area is 118 Å². The summed E-state index contributed by atoms with van der Waals surface area (Å²) in [7, 11) is 0. The van der Waals surface area contributed by atoms with Crippen LogP contribution in [0.1, 0.15) is 11.1 Å². The molecule has 0 saturated heterocycles. The van der Waals surface area contributed by atoms with E-state index in [0.29, 0.717) is 22.5 Å². The Morgan fingerprint density at radius 3 is 2.62 bits per heavy atom. The molecule has 0 amide bonds. The van der Waals surface area contributed by atoms with E-state index in [1.807, 2.05) is 13.0 Å². The summed E-state index contributed by atoms with van der Waals surface area (Å²) in [5.41, 5.74) is 8.21. The van der Waals surface area contributed by atoms with Gasteiger partial charge >= 0.3 is 6.18 Å². The Bertz CT molecular complexity index is 819. The zero-order chi connectivity index (χ0) is 15.2. The Morgan fingerprint density at radius 1 is 1.14 bits per heavy atom. The van der Waals surface area contributed by atoms with Gasteiger partial charge in [0.15, 0.2) is 0 Å². The number of rotatable bonds is 1. The number of H-pyrrole nitrogens is 1. The molecule has 0 spiro atoms. The molecule has 1 aromatic heterocycles. The summed E-state index contributed by atoms with van der Waals surface area (Å²) in [6.45, 7) is 1.85. The SMILES string of the molecule is Cc1c(N)cccc1-c1nc2ccc(C(F)(F)F)cc2[nH]1. The maximum Gasteiger partial charge on any atom is 0.416 e. The van der Waals surface area contributed by atoms with Crippen molar-refractivity contribution in [2.24, 2.45) is 0 Å². The van der Waals surface area contributed by atoms with E-state index < -0.39 is 11.7 Å². The molecule has 0 radical (unpaired) electrons. The van der Waals surface area contributed by atoms with Crippen LogP contribution in [0.15, 0.2) is 36.4 Å². The molecule has 0 unspecified atom stereocenters. The van der Waals surface area contributed by atoms with Gasteiger partial charge in [-0.15, -0.1) is 0 Å². The molecule has 108 valence electrons. The van der Waals surface area contributed by atoms with Crippen molar-refractivity contribution in [1.82, 2.24) is 9.97 Å². The molecule has 0 bridgehead atoms. The number of aromatic amines is 1. The van der Waals surface area contributed by atoms with Crippen molar-refractivity contribution in [2.45, 2.75) is 13.1 Å². The number of nitrogens with two attached hydrogens (primary N) is 1. The largest absolute Gasteiger partial charge is 0.416 e. The Balaban J connectivity index is 2.15. The van der Waals surface area contributed by atoms with Gasteiger partial charge in [-0.25, -0.2) is 4.98 Å². The molecule has 0 aliphatic carbocycles. The van der Waals surface area contributed by atoms with Crippen molar-refractivity contribution in [3.05, 3.63) is 47.5 Å². The van der Waals surface area contributed by atoms with Crippen LogP contribution in [0.25, 0.3) is 22.4 Å². The third-order valence-electron chi connectivity index (χ3n) is 3.44. The Hall–Kier alpha value is -2.50. The van der Waals surface area contributed by atoms with E-state index in [9.17, 15) is 13.2 Å². The fourth-order valence-electron chi connectivity index (χ4n) is 2.22. The van der Waals surface area contributed by atoms with Gasteiger partial charge in [0.1, 0.15) is 5.82 Å². The molecule has 3 aromatic rings. The van der Waals surface area contributed by atoms with Crippen molar-refractivity contribution in [3.8, 4) is 11.4 Å². The summed E-state index contributed by atoms with van der Waals surface area (Å²) in [5.74, 6) is 0.508. The van der Waals surface area contributed by atoms with Crippen molar-refractivity contribution in [3.63, 3.8) is 0 Å². The summed E-state index contributed by atoms with van der Waals surface area (Å²) in [5, 5.41) is 0. The average molecular weight is 291 g/mol. The highest BCUT2D eigenvalue weighted by Gasteiger charge is 2.30. The molecule has 21 heavy (non-hydrogen) atoms. The van der Waals surface area contributed by atoms with Gasteiger partial charge < -0.3 is 10.7 Å². The summed E-state index contributed by atoms with van der Waals surface area (Å²) < 4.78 is 38.1. The molecule has 0 saturated carbocycles. The third-order valence-corrected chi connectivity index (χ3v) is 3.44. The molecular formula is C15H12F3N3. The number of imidazole rings is 1. The van der Waals surface area contributed by atoms with Gasteiger partial charge in [0.25, 0.3) is 0 Å². The minimum Gasteiger partial charge on any atom is -0.398 e. The lowest BCUT2D eigenvalue weighted by Crippen LogP contribution is -2.04. The van der Waals surface area contributed by atoms with E-state index >= 15 is 0 Å². The number of alkyl halides is 3. The van der Waals surface area contributed by atoms with Crippen LogP contribution >= 0.6 is 0 Å². The van der Waals surface area contributed by atoms with Crippen molar-refractivity contribution >= 4 is 16.7 Å². The topological polar surface area (TPSA) is 54.7 Å². The highest BCUT2D eigenvalue weighted by Crippen LogP contribution is 2.32. The zero-order valence-corrected chi connectivity index (χ0v) is 11.1. The normalized spacial score (nSPS) is 12.0. The van der Waals surface area contributed by atoms with Gasteiger partial charge in [-0.1, -0.05) is 12.1 Å². The molecule has 0 aliphatic rings. The molecule has 3 N–H and O–H groups in total. The zero-order valence-electron chi connectivity index (χ0n) is 11.1. The Kier molecular flexibility index (Phi) is 2.90. The minimum atomic E-state index is -4.37. The van der Waals surface area contributed by atoms with Gasteiger partial charge in [0.2, 0.25) is 0 Å². The van der Waals surface area contributed by atoms with Crippen LogP contribution in [0, 0.1) is 6.92 Å². The lowest BCUT2D eigenvalue weighted by Gasteiger charge is -2.05. The molecule has 1 heterocycles. The number of nitrogens with zero attached hydrogens (tertiary/aromatic N) is 1. The second-order valence-corrected chi connectivity index (χ2v) is 4.83. The van der Waals surface area contributed by atoms with Crippen molar-refractivity contribution in [2.75, 3.05) is 5.73 Å². The predicted octanol–water partition coefficient (Wildman–Crippen LogP) is 4.14. The van der Waals surface area contributed by atoms with Crippen molar-refractivity contribution < 1.29 is 13.2 Å². The summed E-state index contributed by atoms with van der Waals surface area (Å²) >= 11 is 0. The number of fused-ring (bicyclic) bond motifs is 1. The first-order valence-corrected chi connectivity index (χ1v) is 6.28. The number of halogens is 3. The average Bonchev–Trinajstić information content (AvgIpc) is 2.83. The number of anilines is 1. The fourth-order valence-corrected chi connectivity index (χ4v) is 2.22. The van der Waals surface area contributed by atoms with E-state index in [1.165, 1.54) is 6.07 Å². The van der Waals surface area contributed by atoms with Gasteiger partial charge in [0, 0.05) is 11.3 Å². The number of nitrogens with one attached hydrogen (secondary N) is 1. The number of hydrogen-bond acceptors (Lipinski definition) is 2. The molecule has 2 aromatic carbocycles. The molecule has 0 aliphatic heterocycles. The van der Waals surface area contributed by atoms with E-state index in [1.54, 1.807) is 12.1 Å². The molecule has 0 atom stereocenters. The standard InChI is InChI=1S/C15H12F3N3/c1-8-10(3-2-4-11(8)19)14-20-12-6-5-9(15(16,17)18)7-13(12)21-14/h2-7H,19H2,1H3,(H,20,21). The first kappa shape index (κ1) is 13.5. The fraction of sp³-hybridized carbons (Fsp3) is 0.133. The maximum atomic E-state index is 12.7. The molecule has 0 fully saturated rings. The van der Waals surface area contributed by atoms with Crippen LogP contribution < -0.4 is 5.73 Å². The van der Waals surface area contributed by atoms with Crippen LogP contribution in [0.4, 0.5) is 18.9 Å². The molecule has 3 nitrogen and oxygen atoms in total. The first-order chi connectivity index (χ1) is 9.86. The van der Waals surface area contributed by atoms with Crippen LogP contribution in [0.3, 0.4) is 0 Å². The summed E-state index contributed by atoms with van der Waals surface area (Å²) in [6.07, 6.45) is -4.37. The highest BCUT2D eigenvalue weighted by atomic mass is 19.4. The number of nitrogen functional groups attached to an aromatic ring is 1. The first-order valence-electron chi connectivity index (χ1n) is 6.28. The van der Waals surface area contributed by atoms with Crippen LogP contribution in [0.5, 0.6) is 0 Å². The second-order valence-electron chi connectivity index (χ2n) is 4.83. The monoisotopic (exact) mass is 291 g/mol. The van der Waals surface area contributed by atoms with Gasteiger partial charge in [0.05, 0.1) is 16.6 Å². The number of aromatic nitrogens is 2. The van der Waals surface area contributed by atoms with Gasteiger partial charge in [-0.3, -0.25) is 0 Å². The summed E-state index contributed by atoms with van der Waals surface area (Å²) in [4.78, 5) is 7.26. The van der Waals surface area contributed by atoms with Gasteiger partial charge in [-0.2, -0.15) is 13.2 Å². The second kappa shape index (κ2) is 4.51. The number of benzene rings is 2. The minimum absolute atomic E-state index is 0.349. The smallest absolute Gasteiger partial charge is 0.398 e. The van der Waals surface area contributed by atoms with E-state index in [2.05, 4.69) is 9.97 Å². The third kappa shape index (κ3) is 2.33. The van der Waals surface area contributed by atoms with Crippen LogP contribution in [-0.2, 0) is 6.18 Å². The van der Waals surface area contributed by atoms with Gasteiger partial charge in [-0.05, 0) is 36.8 Å². The van der Waals surface area contributed by atoms with E-state index in [-0.39, 0.29) is 0 Å². The van der Waals surface area contributed by atoms with E-state index in [4.69, 9.17) is 5.73 Å². The Morgan fingerprint density at radius 2 is 1.90 bits per heavy atom. The van der Waals surface area contributed by atoms with Crippen LogP contribution in [-0.4, -0.2) is 9.97 Å². The summed E-state index contributed by atoms with van der Waals surface area (Å²) in [6, 6.07) is 8.83.